The first-order valence-electron chi connectivity index (χ1n) is 5.61. The van der Waals surface area contributed by atoms with Crippen LogP contribution in [0.25, 0.3) is 0 Å². The zero-order valence-electron chi connectivity index (χ0n) is 10.6. The molecule has 2 rings (SSSR count). The van der Waals surface area contributed by atoms with Crippen LogP contribution in [0.2, 0.25) is 0 Å². The van der Waals surface area contributed by atoms with Crippen molar-refractivity contribution in [2.45, 2.75) is 11.8 Å². The van der Waals surface area contributed by atoms with Crippen molar-refractivity contribution in [2.75, 3.05) is 10.5 Å². The first-order chi connectivity index (χ1) is 9.38. The van der Waals surface area contributed by atoms with Crippen LogP contribution in [0.3, 0.4) is 0 Å². The molecule has 1 aromatic carbocycles. The summed E-state index contributed by atoms with van der Waals surface area (Å²) < 4.78 is 26.4. The Kier molecular flexibility index (Phi) is 3.66. The Morgan fingerprint density at radius 1 is 1.20 bits per heavy atom. The van der Waals surface area contributed by atoms with Crippen LogP contribution >= 0.6 is 0 Å². The smallest absolute Gasteiger partial charge is 0.264 e. The SMILES string of the molecule is CC(=O)c1ccnc(NS(=O)(=O)c2ccc(N)cc2)n1. The maximum Gasteiger partial charge on any atom is 0.264 e. The van der Waals surface area contributed by atoms with Crippen LogP contribution in [0.1, 0.15) is 17.4 Å². The molecule has 0 spiro atoms. The number of hydrogen-bond donors (Lipinski definition) is 2. The van der Waals surface area contributed by atoms with Gasteiger partial charge in [0.05, 0.1) is 4.90 Å². The van der Waals surface area contributed by atoms with Crippen LogP contribution in [-0.4, -0.2) is 24.2 Å². The highest BCUT2D eigenvalue weighted by Crippen LogP contribution is 2.14. The van der Waals surface area contributed by atoms with E-state index in [9.17, 15) is 13.2 Å². The summed E-state index contributed by atoms with van der Waals surface area (Å²) in [6.45, 7) is 1.33. The standard InChI is InChI=1S/C12H12N4O3S/c1-8(17)11-6-7-14-12(15-11)16-20(18,19)10-4-2-9(13)3-5-10/h2-7H,13H2,1H3,(H,14,15,16). The van der Waals surface area contributed by atoms with E-state index >= 15 is 0 Å². The highest BCUT2D eigenvalue weighted by atomic mass is 32.2. The maximum absolute atomic E-state index is 12.1. The summed E-state index contributed by atoms with van der Waals surface area (Å²) in [7, 11) is -3.81. The molecule has 3 N–H and O–H groups in total. The van der Waals surface area contributed by atoms with E-state index in [0.29, 0.717) is 5.69 Å². The molecule has 0 radical (unpaired) electrons. The number of aromatic nitrogens is 2. The summed E-state index contributed by atoms with van der Waals surface area (Å²) in [5.74, 6) is -0.435. The second-order valence-electron chi connectivity index (χ2n) is 4.00. The van der Waals surface area contributed by atoms with E-state index in [1.54, 1.807) is 0 Å². The van der Waals surface area contributed by atoms with E-state index in [4.69, 9.17) is 5.73 Å². The molecule has 0 saturated heterocycles. The molecular weight excluding hydrogens is 280 g/mol. The van der Waals surface area contributed by atoms with Gasteiger partial charge in [-0.2, -0.15) is 0 Å². The molecule has 0 saturated carbocycles. The van der Waals surface area contributed by atoms with E-state index in [-0.39, 0.29) is 22.3 Å². The molecule has 0 amide bonds. The van der Waals surface area contributed by atoms with Gasteiger partial charge < -0.3 is 5.73 Å². The third-order valence-electron chi connectivity index (χ3n) is 2.43. The van der Waals surface area contributed by atoms with Crippen LogP contribution in [0.4, 0.5) is 11.6 Å². The Labute approximate surface area is 115 Å². The fraction of sp³-hybridized carbons (Fsp3) is 0.0833. The van der Waals surface area contributed by atoms with Gasteiger partial charge in [-0.1, -0.05) is 0 Å². The number of anilines is 2. The third kappa shape index (κ3) is 3.09. The molecule has 0 bridgehead atoms. The van der Waals surface area contributed by atoms with E-state index in [2.05, 4.69) is 14.7 Å². The average molecular weight is 292 g/mol. The minimum atomic E-state index is -3.81. The minimum absolute atomic E-state index is 0.0310. The minimum Gasteiger partial charge on any atom is -0.399 e. The zero-order valence-corrected chi connectivity index (χ0v) is 11.4. The molecule has 0 atom stereocenters. The number of nitrogens with zero attached hydrogens (tertiary/aromatic N) is 2. The van der Waals surface area contributed by atoms with E-state index in [0.717, 1.165) is 0 Å². The Balaban J connectivity index is 2.31. The summed E-state index contributed by atoms with van der Waals surface area (Å²) in [6, 6.07) is 7.09. The lowest BCUT2D eigenvalue weighted by Crippen LogP contribution is -2.16. The first-order valence-corrected chi connectivity index (χ1v) is 7.09. The molecule has 0 aliphatic carbocycles. The molecule has 2 aromatic rings. The Morgan fingerprint density at radius 3 is 2.45 bits per heavy atom. The van der Waals surface area contributed by atoms with E-state index < -0.39 is 10.0 Å². The number of Topliss-reactive ketones (excluding diaryl/α,β-unsaturated/α-hetero) is 1. The molecule has 20 heavy (non-hydrogen) atoms. The summed E-state index contributed by atoms with van der Waals surface area (Å²) in [6.07, 6.45) is 1.31. The highest BCUT2D eigenvalue weighted by molar-refractivity contribution is 7.92. The predicted molar refractivity (Wildman–Crippen MR) is 73.7 cm³/mol. The summed E-state index contributed by atoms with van der Waals surface area (Å²) >= 11 is 0. The zero-order chi connectivity index (χ0) is 14.8. The second kappa shape index (κ2) is 5.25. The second-order valence-corrected chi connectivity index (χ2v) is 5.68. The lowest BCUT2D eigenvalue weighted by atomic mass is 10.3. The summed E-state index contributed by atoms with van der Waals surface area (Å²) in [4.78, 5) is 18.8. The molecule has 1 aromatic heterocycles. The molecule has 0 fully saturated rings. The Bertz CT molecular complexity index is 742. The van der Waals surface area contributed by atoms with Gasteiger partial charge in [0.15, 0.2) is 5.78 Å². The molecule has 8 heteroatoms. The Hall–Kier alpha value is -2.48. The third-order valence-corrected chi connectivity index (χ3v) is 3.78. The van der Waals surface area contributed by atoms with Gasteiger partial charge in [-0.3, -0.25) is 4.79 Å². The largest absolute Gasteiger partial charge is 0.399 e. The molecule has 0 aliphatic rings. The van der Waals surface area contributed by atoms with Crippen molar-refractivity contribution in [3.05, 3.63) is 42.2 Å². The van der Waals surface area contributed by atoms with Crippen molar-refractivity contribution >= 4 is 27.4 Å². The number of nitrogens with one attached hydrogen (secondary N) is 1. The van der Waals surface area contributed by atoms with Gasteiger partial charge in [0, 0.05) is 18.8 Å². The van der Waals surface area contributed by atoms with Gasteiger partial charge in [0.2, 0.25) is 5.95 Å². The van der Waals surface area contributed by atoms with Crippen molar-refractivity contribution in [3.63, 3.8) is 0 Å². The number of ketones is 1. The highest BCUT2D eigenvalue weighted by Gasteiger charge is 2.16. The van der Waals surface area contributed by atoms with E-state index in [1.807, 2.05) is 0 Å². The number of nitrogens with two attached hydrogens (primary N) is 1. The monoisotopic (exact) mass is 292 g/mol. The van der Waals surface area contributed by atoms with Crippen molar-refractivity contribution in [3.8, 4) is 0 Å². The number of carbonyl (C=O) groups excluding carboxylic acids is 1. The van der Waals surface area contributed by atoms with Gasteiger partial charge in [0.25, 0.3) is 10.0 Å². The normalized spacial score (nSPS) is 11.1. The first kappa shape index (κ1) is 13.9. The van der Waals surface area contributed by atoms with Crippen molar-refractivity contribution in [1.82, 2.24) is 9.97 Å². The number of nitrogen functional groups attached to an aromatic ring is 1. The molecule has 1 heterocycles. The van der Waals surface area contributed by atoms with E-state index in [1.165, 1.54) is 43.5 Å². The van der Waals surface area contributed by atoms with Crippen molar-refractivity contribution in [2.24, 2.45) is 0 Å². The van der Waals surface area contributed by atoms with Gasteiger partial charge in [0.1, 0.15) is 5.69 Å². The molecule has 104 valence electrons. The molecular formula is C12H12N4O3S. The van der Waals surface area contributed by atoms with Gasteiger partial charge in [-0.25, -0.2) is 23.1 Å². The Morgan fingerprint density at radius 2 is 1.85 bits per heavy atom. The van der Waals surface area contributed by atoms with Gasteiger partial charge in [-0.05, 0) is 30.3 Å². The number of rotatable bonds is 4. The molecule has 0 unspecified atom stereocenters. The fourth-order valence-corrected chi connectivity index (χ4v) is 2.38. The molecule has 7 nitrogen and oxygen atoms in total. The lowest BCUT2D eigenvalue weighted by molar-refractivity contribution is 0.101. The van der Waals surface area contributed by atoms with Crippen LogP contribution in [0, 0.1) is 0 Å². The fourth-order valence-electron chi connectivity index (χ4n) is 1.43. The van der Waals surface area contributed by atoms with Crippen molar-refractivity contribution < 1.29 is 13.2 Å². The number of benzene rings is 1. The summed E-state index contributed by atoms with van der Waals surface area (Å²) in [5.41, 5.74) is 6.09. The average Bonchev–Trinajstić information content (AvgIpc) is 2.39. The predicted octanol–water partition coefficient (Wildman–Crippen LogP) is 1.06. The van der Waals surface area contributed by atoms with Gasteiger partial charge in [-0.15, -0.1) is 0 Å². The topological polar surface area (TPSA) is 115 Å². The molecule has 0 aliphatic heterocycles. The number of hydrogen-bond acceptors (Lipinski definition) is 6. The van der Waals surface area contributed by atoms with Crippen molar-refractivity contribution in [1.29, 1.82) is 0 Å². The van der Waals surface area contributed by atoms with Crippen LogP contribution in [0.15, 0.2) is 41.4 Å². The number of sulfonamides is 1. The quantitative estimate of drug-likeness (QED) is 0.643. The van der Waals surface area contributed by atoms with Crippen LogP contribution in [0.5, 0.6) is 0 Å². The van der Waals surface area contributed by atoms with Gasteiger partial charge >= 0.3 is 0 Å². The lowest BCUT2D eigenvalue weighted by Gasteiger charge is -2.07. The number of carbonyl (C=O) groups is 1. The summed E-state index contributed by atoms with van der Waals surface area (Å²) in [5, 5.41) is 0. The maximum atomic E-state index is 12.1. The van der Waals surface area contributed by atoms with Crippen LogP contribution in [-0.2, 0) is 10.0 Å². The van der Waals surface area contributed by atoms with Crippen LogP contribution < -0.4 is 10.5 Å².